The molecule has 1 aliphatic heterocycles. The molecule has 1 aromatic rings. The monoisotopic (exact) mass is 256 g/mol. The van der Waals surface area contributed by atoms with E-state index in [1.807, 2.05) is 12.1 Å². The highest BCUT2D eigenvalue weighted by atomic mass is 16.1. The van der Waals surface area contributed by atoms with E-state index in [-0.39, 0.29) is 0 Å². The molecule has 2 heteroatoms. The number of benzene rings is 1. The van der Waals surface area contributed by atoms with Crippen molar-refractivity contribution >= 4 is 5.78 Å². The number of carbonyl (C=O) groups excluding carboxylic acids is 1. The van der Waals surface area contributed by atoms with Gasteiger partial charge in [0.15, 0.2) is 5.78 Å². The summed E-state index contributed by atoms with van der Waals surface area (Å²) in [5.74, 6) is 1.24. The Balaban J connectivity index is 1.96. The highest BCUT2D eigenvalue weighted by Crippen LogP contribution is 2.41. The molecule has 0 N–H and O–H groups in total. The maximum Gasteiger partial charge on any atom is 0.156 e. The molecule has 1 aliphatic carbocycles. The predicted octanol–water partition coefficient (Wildman–Crippen LogP) is 2.77. The molecule has 0 spiro atoms. The average molecular weight is 256 g/mol. The van der Waals surface area contributed by atoms with Crippen molar-refractivity contribution in [3.63, 3.8) is 0 Å². The van der Waals surface area contributed by atoms with Crippen molar-refractivity contribution in [2.75, 3.05) is 27.2 Å². The molecule has 0 amide bonds. The third-order valence-electron chi connectivity index (χ3n) is 4.65. The van der Waals surface area contributed by atoms with Crippen LogP contribution >= 0.6 is 0 Å². The minimum Gasteiger partial charge on any atom is -0.328 e. The normalized spacial score (nSPS) is 29.6. The van der Waals surface area contributed by atoms with Crippen LogP contribution in [0.2, 0.25) is 0 Å². The van der Waals surface area contributed by atoms with E-state index >= 15 is 0 Å². The third-order valence-corrected chi connectivity index (χ3v) is 4.65. The van der Waals surface area contributed by atoms with E-state index in [4.69, 9.17) is 0 Å². The summed E-state index contributed by atoms with van der Waals surface area (Å²) in [7, 11) is 4.60. The van der Waals surface area contributed by atoms with Crippen LogP contribution in [0.15, 0.2) is 42.0 Å². The van der Waals surface area contributed by atoms with E-state index < -0.39 is 0 Å². The lowest BCUT2D eigenvalue weighted by Crippen LogP contribution is -2.50. The Labute approximate surface area is 115 Å². The van der Waals surface area contributed by atoms with Crippen molar-refractivity contribution in [2.24, 2.45) is 5.92 Å². The van der Waals surface area contributed by atoms with Crippen LogP contribution in [0, 0.1) is 5.92 Å². The molecular formula is C17H22NO+. The summed E-state index contributed by atoms with van der Waals surface area (Å²) >= 11 is 0. The van der Waals surface area contributed by atoms with Gasteiger partial charge in [-0.05, 0) is 11.6 Å². The Kier molecular flexibility index (Phi) is 3.06. The minimum atomic E-state index is 0.312. The number of rotatable bonds is 1. The van der Waals surface area contributed by atoms with Gasteiger partial charge in [0.1, 0.15) is 0 Å². The van der Waals surface area contributed by atoms with E-state index in [9.17, 15) is 4.79 Å². The van der Waals surface area contributed by atoms with Crippen molar-refractivity contribution in [1.29, 1.82) is 0 Å². The van der Waals surface area contributed by atoms with Crippen molar-refractivity contribution in [2.45, 2.75) is 18.8 Å². The van der Waals surface area contributed by atoms with Gasteiger partial charge in [-0.2, -0.15) is 0 Å². The first-order valence-electron chi connectivity index (χ1n) is 7.15. The summed E-state index contributed by atoms with van der Waals surface area (Å²) in [5.41, 5.74) is 2.72. The number of likely N-dealkylation sites (tertiary alicyclic amines) is 1. The molecule has 1 heterocycles. The second-order valence-corrected chi connectivity index (χ2v) is 6.61. The lowest BCUT2D eigenvalue weighted by atomic mass is 9.71. The van der Waals surface area contributed by atoms with E-state index in [1.54, 1.807) is 0 Å². The van der Waals surface area contributed by atoms with Crippen LogP contribution in [0.4, 0.5) is 0 Å². The van der Waals surface area contributed by atoms with E-state index in [2.05, 4.69) is 38.4 Å². The Hall–Kier alpha value is -1.41. The molecule has 1 saturated heterocycles. The van der Waals surface area contributed by atoms with Crippen LogP contribution in [0.5, 0.6) is 0 Å². The van der Waals surface area contributed by atoms with Crippen molar-refractivity contribution in [3.05, 3.63) is 47.5 Å². The summed E-state index contributed by atoms with van der Waals surface area (Å²) < 4.78 is 1.07. The highest BCUT2D eigenvalue weighted by molar-refractivity contribution is 5.92. The van der Waals surface area contributed by atoms with E-state index in [0.29, 0.717) is 24.0 Å². The zero-order valence-electron chi connectivity index (χ0n) is 11.8. The zero-order valence-corrected chi connectivity index (χ0v) is 11.8. The summed E-state index contributed by atoms with van der Waals surface area (Å²) in [5, 5.41) is 0. The highest BCUT2D eigenvalue weighted by Gasteiger charge is 2.40. The van der Waals surface area contributed by atoms with Crippen LogP contribution in [-0.2, 0) is 4.79 Å². The molecule has 100 valence electrons. The Morgan fingerprint density at radius 3 is 2.58 bits per heavy atom. The smallest absolute Gasteiger partial charge is 0.156 e. The molecule has 0 aromatic heterocycles. The van der Waals surface area contributed by atoms with Crippen LogP contribution in [0.3, 0.4) is 0 Å². The maximum atomic E-state index is 12.0. The van der Waals surface area contributed by atoms with Crippen molar-refractivity contribution in [1.82, 2.24) is 0 Å². The molecule has 1 fully saturated rings. The SMILES string of the molecule is C[N+]1(C)CCC2=CC(=O)C[C@H](c3ccccc3)[C@@H]2C1. The largest absolute Gasteiger partial charge is 0.328 e. The fourth-order valence-corrected chi connectivity index (χ4v) is 3.60. The van der Waals surface area contributed by atoms with Gasteiger partial charge in [-0.3, -0.25) is 4.79 Å². The minimum absolute atomic E-state index is 0.312. The van der Waals surface area contributed by atoms with Crippen molar-refractivity contribution in [3.8, 4) is 0 Å². The zero-order chi connectivity index (χ0) is 13.5. The van der Waals surface area contributed by atoms with Gasteiger partial charge >= 0.3 is 0 Å². The first-order chi connectivity index (χ1) is 9.05. The molecule has 0 bridgehead atoms. The summed E-state index contributed by atoms with van der Waals surface area (Å²) in [6, 6.07) is 10.6. The number of hydrogen-bond donors (Lipinski definition) is 0. The Morgan fingerprint density at radius 1 is 1.11 bits per heavy atom. The second-order valence-electron chi connectivity index (χ2n) is 6.61. The Morgan fingerprint density at radius 2 is 1.84 bits per heavy atom. The molecule has 0 unspecified atom stereocenters. The Bertz CT molecular complexity index is 515. The molecule has 2 atom stereocenters. The lowest BCUT2D eigenvalue weighted by molar-refractivity contribution is -0.896. The quantitative estimate of drug-likeness (QED) is 0.706. The summed E-state index contributed by atoms with van der Waals surface area (Å²) in [6.45, 7) is 2.30. The van der Waals surface area contributed by atoms with Gasteiger partial charge in [0.05, 0.1) is 27.2 Å². The number of piperidine rings is 1. The van der Waals surface area contributed by atoms with Gasteiger partial charge < -0.3 is 4.48 Å². The first-order valence-corrected chi connectivity index (χ1v) is 7.15. The van der Waals surface area contributed by atoms with E-state index in [1.165, 1.54) is 11.1 Å². The first kappa shape index (κ1) is 12.6. The summed E-state index contributed by atoms with van der Waals surface area (Å²) in [6.07, 6.45) is 3.69. The van der Waals surface area contributed by atoms with Gasteiger partial charge in [-0.15, -0.1) is 0 Å². The summed E-state index contributed by atoms with van der Waals surface area (Å²) in [4.78, 5) is 12.0. The predicted molar refractivity (Wildman–Crippen MR) is 76.8 cm³/mol. The molecule has 3 rings (SSSR count). The molecule has 1 aromatic carbocycles. The van der Waals surface area contributed by atoms with Crippen LogP contribution in [0.25, 0.3) is 0 Å². The van der Waals surface area contributed by atoms with Gasteiger partial charge in [-0.25, -0.2) is 0 Å². The number of nitrogens with zero attached hydrogens (tertiary/aromatic N) is 1. The number of carbonyl (C=O) groups is 1. The number of quaternary nitrogens is 1. The number of ketones is 1. The molecule has 2 nitrogen and oxygen atoms in total. The molecule has 2 aliphatic rings. The van der Waals surface area contributed by atoms with Crippen LogP contribution < -0.4 is 0 Å². The van der Waals surface area contributed by atoms with Crippen molar-refractivity contribution < 1.29 is 9.28 Å². The van der Waals surface area contributed by atoms with Gasteiger partial charge in [0.25, 0.3) is 0 Å². The van der Waals surface area contributed by atoms with Crippen LogP contribution in [-0.4, -0.2) is 37.5 Å². The fraction of sp³-hybridized carbons (Fsp3) is 0.471. The van der Waals surface area contributed by atoms with Crippen LogP contribution in [0.1, 0.15) is 24.3 Å². The number of fused-ring (bicyclic) bond motifs is 1. The molecule has 0 saturated carbocycles. The van der Waals surface area contributed by atoms with Gasteiger partial charge in [-0.1, -0.05) is 35.9 Å². The third kappa shape index (κ3) is 2.50. The standard InChI is InChI=1S/C17H22NO/c1-18(2)9-8-14-10-15(19)11-16(17(14)12-18)13-6-4-3-5-7-13/h3-7,10,16-17H,8-9,11-12H2,1-2H3/q+1/t16-,17-/m1/s1. The molecule has 0 radical (unpaired) electrons. The molecular weight excluding hydrogens is 234 g/mol. The number of allylic oxidation sites excluding steroid dienone is 1. The maximum absolute atomic E-state index is 12.0. The van der Waals surface area contributed by atoms with E-state index in [0.717, 1.165) is 24.0 Å². The average Bonchev–Trinajstić information content (AvgIpc) is 2.39. The fourth-order valence-electron chi connectivity index (χ4n) is 3.60. The molecule has 19 heavy (non-hydrogen) atoms. The topological polar surface area (TPSA) is 17.1 Å². The lowest BCUT2D eigenvalue weighted by Gasteiger charge is -2.44. The second kappa shape index (κ2) is 4.61. The number of hydrogen-bond acceptors (Lipinski definition) is 1. The van der Waals surface area contributed by atoms with Gasteiger partial charge in [0.2, 0.25) is 0 Å². The van der Waals surface area contributed by atoms with Gasteiger partial charge in [0, 0.05) is 24.7 Å².